The summed E-state index contributed by atoms with van der Waals surface area (Å²) in [4.78, 5) is 23.7. The number of carboxylic acids is 1. The molecule has 0 saturated carbocycles. The van der Waals surface area contributed by atoms with Crippen molar-refractivity contribution in [2.75, 3.05) is 0 Å². The molecule has 0 aliphatic rings. The number of amides is 1. The monoisotopic (exact) mass is 330 g/mol. The maximum atomic E-state index is 12.3. The van der Waals surface area contributed by atoms with Crippen molar-refractivity contribution in [3.8, 4) is 0 Å². The standard InChI is InChI=1S/C18H22N2O4/c1-11(17-12(2)20-24-13(17)3)9-16(21)19-15(18(22)23)10-14-7-5-4-6-8-14/h4-8,11,15H,9-10H2,1-3H3,(H,19,21)(H,22,23). The number of carboxylic acid groups (broad SMARTS) is 1. The third-order valence-corrected chi connectivity index (χ3v) is 3.99. The minimum Gasteiger partial charge on any atom is -0.480 e. The number of aromatic nitrogens is 1. The number of rotatable bonds is 7. The molecule has 2 atom stereocenters. The van der Waals surface area contributed by atoms with E-state index in [4.69, 9.17) is 4.52 Å². The molecule has 128 valence electrons. The molecule has 0 aliphatic heterocycles. The summed E-state index contributed by atoms with van der Waals surface area (Å²) in [6, 6.07) is 8.29. The Morgan fingerprint density at radius 1 is 1.25 bits per heavy atom. The van der Waals surface area contributed by atoms with Gasteiger partial charge in [-0.15, -0.1) is 0 Å². The number of benzene rings is 1. The third-order valence-electron chi connectivity index (χ3n) is 3.99. The number of nitrogens with one attached hydrogen (secondary N) is 1. The molecular weight excluding hydrogens is 308 g/mol. The van der Waals surface area contributed by atoms with Crippen LogP contribution >= 0.6 is 0 Å². The van der Waals surface area contributed by atoms with Crippen molar-refractivity contribution in [3.63, 3.8) is 0 Å². The van der Waals surface area contributed by atoms with Gasteiger partial charge in [-0.25, -0.2) is 4.79 Å². The minimum absolute atomic E-state index is 0.0950. The molecule has 6 heteroatoms. The number of carbonyl (C=O) groups is 2. The van der Waals surface area contributed by atoms with Gasteiger partial charge >= 0.3 is 5.97 Å². The second kappa shape index (κ2) is 7.77. The number of aryl methyl sites for hydroxylation is 2. The Hall–Kier alpha value is -2.63. The molecule has 2 rings (SSSR count). The molecule has 1 aromatic heterocycles. The molecule has 0 saturated heterocycles. The van der Waals surface area contributed by atoms with Gasteiger partial charge in [0, 0.05) is 18.4 Å². The average molecular weight is 330 g/mol. The van der Waals surface area contributed by atoms with E-state index in [9.17, 15) is 14.7 Å². The van der Waals surface area contributed by atoms with E-state index in [2.05, 4.69) is 10.5 Å². The first kappa shape index (κ1) is 17.7. The van der Waals surface area contributed by atoms with Crippen LogP contribution in [0, 0.1) is 13.8 Å². The van der Waals surface area contributed by atoms with E-state index in [1.807, 2.05) is 44.2 Å². The van der Waals surface area contributed by atoms with Crippen molar-refractivity contribution >= 4 is 11.9 Å². The van der Waals surface area contributed by atoms with Crippen LogP contribution in [0.5, 0.6) is 0 Å². The lowest BCUT2D eigenvalue weighted by Gasteiger charge is -2.17. The summed E-state index contributed by atoms with van der Waals surface area (Å²) < 4.78 is 5.12. The van der Waals surface area contributed by atoms with Gasteiger partial charge < -0.3 is 14.9 Å². The van der Waals surface area contributed by atoms with Crippen LogP contribution in [-0.4, -0.2) is 28.2 Å². The van der Waals surface area contributed by atoms with Crippen LogP contribution in [0.2, 0.25) is 0 Å². The summed E-state index contributed by atoms with van der Waals surface area (Å²) in [5.41, 5.74) is 2.52. The zero-order valence-corrected chi connectivity index (χ0v) is 14.1. The van der Waals surface area contributed by atoms with Gasteiger partial charge in [0.2, 0.25) is 5.91 Å². The Labute approximate surface area is 140 Å². The highest BCUT2D eigenvalue weighted by Crippen LogP contribution is 2.25. The van der Waals surface area contributed by atoms with Crippen molar-refractivity contribution in [1.29, 1.82) is 0 Å². The van der Waals surface area contributed by atoms with E-state index in [-0.39, 0.29) is 24.7 Å². The second-order valence-electron chi connectivity index (χ2n) is 5.99. The molecule has 2 unspecified atom stereocenters. The van der Waals surface area contributed by atoms with Crippen LogP contribution in [0.25, 0.3) is 0 Å². The molecule has 0 spiro atoms. The topological polar surface area (TPSA) is 92.4 Å². The second-order valence-corrected chi connectivity index (χ2v) is 5.99. The van der Waals surface area contributed by atoms with Gasteiger partial charge in [0.1, 0.15) is 11.8 Å². The van der Waals surface area contributed by atoms with Crippen LogP contribution in [0.3, 0.4) is 0 Å². The molecule has 1 aromatic carbocycles. The van der Waals surface area contributed by atoms with Gasteiger partial charge in [-0.3, -0.25) is 4.79 Å². The number of nitrogens with zero attached hydrogens (tertiary/aromatic N) is 1. The van der Waals surface area contributed by atoms with E-state index < -0.39 is 12.0 Å². The predicted molar refractivity (Wildman–Crippen MR) is 88.7 cm³/mol. The van der Waals surface area contributed by atoms with E-state index in [0.29, 0.717) is 5.76 Å². The van der Waals surface area contributed by atoms with Crippen LogP contribution in [0.1, 0.15) is 41.8 Å². The summed E-state index contributed by atoms with van der Waals surface area (Å²) in [6.45, 7) is 5.54. The maximum Gasteiger partial charge on any atom is 0.326 e. The van der Waals surface area contributed by atoms with Gasteiger partial charge in [-0.05, 0) is 25.3 Å². The fraction of sp³-hybridized carbons (Fsp3) is 0.389. The Kier molecular flexibility index (Phi) is 5.73. The summed E-state index contributed by atoms with van der Waals surface area (Å²) >= 11 is 0. The quantitative estimate of drug-likeness (QED) is 0.814. The summed E-state index contributed by atoms with van der Waals surface area (Å²) in [5.74, 6) is -0.752. The number of carbonyl (C=O) groups excluding carboxylic acids is 1. The van der Waals surface area contributed by atoms with E-state index in [1.54, 1.807) is 6.92 Å². The maximum absolute atomic E-state index is 12.3. The molecule has 1 amide bonds. The summed E-state index contributed by atoms with van der Waals surface area (Å²) in [5, 5.41) is 15.8. The Morgan fingerprint density at radius 3 is 2.46 bits per heavy atom. The van der Waals surface area contributed by atoms with Gasteiger partial charge in [0.15, 0.2) is 0 Å². The van der Waals surface area contributed by atoms with Crippen molar-refractivity contribution in [2.45, 2.75) is 45.6 Å². The minimum atomic E-state index is -1.04. The molecule has 1 heterocycles. The van der Waals surface area contributed by atoms with Crippen molar-refractivity contribution in [2.24, 2.45) is 0 Å². The molecule has 0 radical (unpaired) electrons. The van der Waals surface area contributed by atoms with Gasteiger partial charge in [-0.1, -0.05) is 42.4 Å². The predicted octanol–water partition coefficient (Wildman–Crippen LogP) is 2.60. The van der Waals surface area contributed by atoms with Crippen molar-refractivity contribution < 1.29 is 19.2 Å². The number of aliphatic carboxylic acids is 1. The molecular formula is C18H22N2O4. The van der Waals surface area contributed by atoms with Crippen LogP contribution in [0.15, 0.2) is 34.9 Å². The molecule has 2 N–H and O–H groups in total. The van der Waals surface area contributed by atoms with E-state index in [1.165, 1.54) is 0 Å². The highest BCUT2D eigenvalue weighted by Gasteiger charge is 2.24. The molecule has 2 aromatic rings. The molecule has 0 bridgehead atoms. The van der Waals surface area contributed by atoms with E-state index in [0.717, 1.165) is 16.8 Å². The fourth-order valence-corrected chi connectivity index (χ4v) is 2.88. The SMILES string of the molecule is Cc1noc(C)c1C(C)CC(=O)NC(Cc1ccccc1)C(=O)O. The van der Waals surface area contributed by atoms with E-state index >= 15 is 0 Å². The van der Waals surface area contributed by atoms with Crippen LogP contribution in [0.4, 0.5) is 0 Å². The summed E-state index contributed by atoms with van der Waals surface area (Å²) in [6.07, 6.45) is 0.434. The molecule has 0 fully saturated rings. The Balaban J connectivity index is 1.99. The number of hydrogen-bond acceptors (Lipinski definition) is 4. The normalized spacial score (nSPS) is 13.3. The molecule has 0 aliphatic carbocycles. The first-order valence-corrected chi connectivity index (χ1v) is 7.87. The zero-order valence-electron chi connectivity index (χ0n) is 14.1. The average Bonchev–Trinajstić information content (AvgIpc) is 2.86. The van der Waals surface area contributed by atoms with Gasteiger partial charge in [-0.2, -0.15) is 0 Å². The largest absolute Gasteiger partial charge is 0.480 e. The smallest absolute Gasteiger partial charge is 0.326 e. The summed E-state index contributed by atoms with van der Waals surface area (Å²) in [7, 11) is 0. The third kappa shape index (κ3) is 4.44. The fourth-order valence-electron chi connectivity index (χ4n) is 2.88. The lowest BCUT2D eigenvalue weighted by Crippen LogP contribution is -2.42. The Morgan fingerprint density at radius 2 is 1.92 bits per heavy atom. The Bertz CT molecular complexity index is 690. The molecule has 24 heavy (non-hydrogen) atoms. The van der Waals surface area contributed by atoms with Crippen molar-refractivity contribution in [1.82, 2.24) is 10.5 Å². The number of hydrogen-bond donors (Lipinski definition) is 2. The van der Waals surface area contributed by atoms with Crippen molar-refractivity contribution in [3.05, 3.63) is 52.9 Å². The highest BCUT2D eigenvalue weighted by molar-refractivity contribution is 5.84. The first-order chi connectivity index (χ1) is 11.4. The highest BCUT2D eigenvalue weighted by atomic mass is 16.5. The first-order valence-electron chi connectivity index (χ1n) is 7.87. The lowest BCUT2D eigenvalue weighted by molar-refractivity contribution is -0.141. The molecule has 6 nitrogen and oxygen atoms in total. The van der Waals surface area contributed by atoms with Crippen LogP contribution in [-0.2, 0) is 16.0 Å². The zero-order chi connectivity index (χ0) is 17.7. The lowest BCUT2D eigenvalue weighted by atomic mass is 9.95. The van der Waals surface area contributed by atoms with Crippen LogP contribution < -0.4 is 5.32 Å². The van der Waals surface area contributed by atoms with Gasteiger partial charge in [0.25, 0.3) is 0 Å². The van der Waals surface area contributed by atoms with Gasteiger partial charge in [0.05, 0.1) is 5.69 Å².